The lowest BCUT2D eigenvalue weighted by molar-refractivity contribution is -0.135. The molecule has 20 heavy (non-hydrogen) atoms. The average molecular weight is 341 g/mol. The number of halogens is 1. The van der Waals surface area contributed by atoms with Crippen molar-refractivity contribution in [2.24, 2.45) is 11.8 Å². The van der Waals surface area contributed by atoms with E-state index in [2.05, 4.69) is 28.2 Å². The molecule has 1 saturated heterocycles. The van der Waals surface area contributed by atoms with E-state index >= 15 is 0 Å². The molecule has 5 heteroatoms. The van der Waals surface area contributed by atoms with Gasteiger partial charge in [0.2, 0.25) is 5.91 Å². The summed E-state index contributed by atoms with van der Waals surface area (Å²) in [5, 5.41) is 3.27. The average Bonchev–Trinajstić information content (AvgIpc) is 2.84. The van der Waals surface area contributed by atoms with Crippen LogP contribution >= 0.6 is 15.9 Å². The molecule has 0 aromatic heterocycles. The van der Waals surface area contributed by atoms with Gasteiger partial charge in [-0.1, -0.05) is 22.9 Å². The van der Waals surface area contributed by atoms with E-state index in [0.29, 0.717) is 12.5 Å². The minimum absolute atomic E-state index is 0.0816. The van der Waals surface area contributed by atoms with Crippen LogP contribution in [0.4, 0.5) is 0 Å². The Kier molecular flexibility index (Phi) is 5.05. The highest BCUT2D eigenvalue weighted by molar-refractivity contribution is 9.10. The zero-order chi connectivity index (χ0) is 14.7. The first-order valence-corrected chi connectivity index (χ1v) is 7.60. The van der Waals surface area contributed by atoms with Gasteiger partial charge in [-0.25, -0.2) is 0 Å². The number of ether oxygens (including phenoxy) is 1. The molecular weight excluding hydrogens is 320 g/mol. The number of carbonyl (C=O) groups is 1. The van der Waals surface area contributed by atoms with Gasteiger partial charge in [0.1, 0.15) is 5.75 Å². The summed E-state index contributed by atoms with van der Waals surface area (Å²) in [7, 11) is 3.51. The van der Waals surface area contributed by atoms with Gasteiger partial charge in [0.25, 0.3) is 0 Å². The molecule has 0 unspecified atom stereocenters. The Labute approximate surface area is 128 Å². The number of rotatable bonds is 4. The lowest BCUT2D eigenvalue weighted by Crippen LogP contribution is -2.35. The number of nitrogens with zero attached hydrogens (tertiary/aromatic N) is 1. The lowest BCUT2D eigenvalue weighted by atomic mass is 9.96. The summed E-state index contributed by atoms with van der Waals surface area (Å²) in [4.78, 5) is 14.3. The van der Waals surface area contributed by atoms with E-state index in [9.17, 15) is 4.79 Å². The quantitative estimate of drug-likeness (QED) is 0.914. The van der Waals surface area contributed by atoms with Crippen molar-refractivity contribution in [3.63, 3.8) is 0 Å². The van der Waals surface area contributed by atoms with Crippen molar-refractivity contribution in [1.82, 2.24) is 10.2 Å². The molecule has 2 rings (SSSR count). The van der Waals surface area contributed by atoms with Gasteiger partial charge < -0.3 is 15.0 Å². The molecule has 1 N–H and O–H groups in total. The number of hydrogen-bond donors (Lipinski definition) is 1. The molecular formula is C15H21BrN2O2. The standard InChI is InChI=1S/C15H21BrN2O2/c1-10-7-17-8-13(10)15(19)18(2)9-11-6-12(16)4-5-14(11)20-3/h4-6,10,13,17H,7-9H2,1-3H3/t10-,13-/m1/s1. The molecule has 1 aromatic carbocycles. The summed E-state index contributed by atoms with van der Waals surface area (Å²) in [6.07, 6.45) is 0. The third kappa shape index (κ3) is 3.33. The Hall–Kier alpha value is -1.07. The monoisotopic (exact) mass is 340 g/mol. The van der Waals surface area contributed by atoms with E-state index in [1.807, 2.05) is 25.2 Å². The summed E-state index contributed by atoms with van der Waals surface area (Å²) in [6, 6.07) is 5.85. The maximum absolute atomic E-state index is 12.5. The fourth-order valence-corrected chi connectivity index (χ4v) is 3.04. The molecule has 0 spiro atoms. The molecule has 4 nitrogen and oxygen atoms in total. The lowest BCUT2D eigenvalue weighted by Gasteiger charge is -2.24. The molecule has 0 radical (unpaired) electrons. The van der Waals surface area contributed by atoms with Gasteiger partial charge in [-0.15, -0.1) is 0 Å². The first-order chi connectivity index (χ1) is 9.52. The molecule has 0 saturated carbocycles. The van der Waals surface area contributed by atoms with Gasteiger partial charge in [0.15, 0.2) is 0 Å². The summed E-state index contributed by atoms with van der Waals surface area (Å²) in [5.41, 5.74) is 1.01. The summed E-state index contributed by atoms with van der Waals surface area (Å²) in [5.74, 6) is 1.49. The van der Waals surface area contributed by atoms with Crippen LogP contribution in [0.5, 0.6) is 5.75 Å². The number of amides is 1. The normalized spacial score (nSPS) is 21.8. The molecule has 1 amide bonds. The van der Waals surface area contributed by atoms with Crippen LogP contribution in [-0.4, -0.2) is 38.1 Å². The maximum atomic E-state index is 12.5. The fourth-order valence-electron chi connectivity index (χ4n) is 2.63. The van der Waals surface area contributed by atoms with Crippen LogP contribution in [0.1, 0.15) is 12.5 Å². The van der Waals surface area contributed by atoms with Gasteiger partial charge in [0.05, 0.1) is 13.0 Å². The highest BCUT2D eigenvalue weighted by Gasteiger charge is 2.31. The second-order valence-electron chi connectivity index (χ2n) is 5.39. The van der Waals surface area contributed by atoms with Gasteiger partial charge in [-0.05, 0) is 30.7 Å². The molecule has 1 heterocycles. The number of carbonyl (C=O) groups excluding carboxylic acids is 1. The minimum Gasteiger partial charge on any atom is -0.496 e. The van der Waals surface area contributed by atoms with Crippen LogP contribution in [0, 0.1) is 11.8 Å². The molecule has 110 valence electrons. The van der Waals surface area contributed by atoms with Crippen LogP contribution in [0.3, 0.4) is 0 Å². The zero-order valence-corrected chi connectivity index (χ0v) is 13.7. The van der Waals surface area contributed by atoms with Crippen LogP contribution in [0.15, 0.2) is 22.7 Å². The van der Waals surface area contributed by atoms with E-state index < -0.39 is 0 Å². The van der Waals surface area contributed by atoms with Crippen molar-refractivity contribution in [3.8, 4) is 5.75 Å². The summed E-state index contributed by atoms with van der Waals surface area (Å²) < 4.78 is 6.35. The molecule has 1 aromatic rings. The Bertz CT molecular complexity index is 493. The van der Waals surface area contributed by atoms with E-state index in [1.54, 1.807) is 12.0 Å². The van der Waals surface area contributed by atoms with E-state index in [-0.39, 0.29) is 11.8 Å². The second-order valence-corrected chi connectivity index (χ2v) is 6.31. The first kappa shape index (κ1) is 15.3. The zero-order valence-electron chi connectivity index (χ0n) is 12.1. The van der Waals surface area contributed by atoms with Crippen LogP contribution < -0.4 is 10.1 Å². The minimum atomic E-state index is 0.0816. The molecule has 0 aliphatic carbocycles. The first-order valence-electron chi connectivity index (χ1n) is 6.81. The maximum Gasteiger partial charge on any atom is 0.227 e. The number of hydrogen-bond acceptors (Lipinski definition) is 3. The van der Waals surface area contributed by atoms with E-state index in [0.717, 1.165) is 28.9 Å². The highest BCUT2D eigenvalue weighted by atomic mass is 79.9. The molecule has 1 fully saturated rings. The highest BCUT2D eigenvalue weighted by Crippen LogP contribution is 2.25. The Morgan fingerprint density at radius 1 is 1.50 bits per heavy atom. The van der Waals surface area contributed by atoms with Gasteiger partial charge >= 0.3 is 0 Å². The number of nitrogens with one attached hydrogen (secondary N) is 1. The Balaban J connectivity index is 2.09. The number of benzene rings is 1. The third-order valence-corrected chi connectivity index (χ3v) is 4.35. The van der Waals surface area contributed by atoms with E-state index in [4.69, 9.17) is 4.74 Å². The van der Waals surface area contributed by atoms with E-state index in [1.165, 1.54) is 0 Å². The fraction of sp³-hybridized carbons (Fsp3) is 0.533. The van der Waals surface area contributed by atoms with Gasteiger partial charge in [-0.3, -0.25) is 4.79 Å². The summed E-state index contributed by atoms with van der Waals surface area (Å²) in [6.45, 7) is 4.38. The predicted octanol–water partition coefficient (Wildman–Crippen LogP) is 2.27. The predicted molar refractivity (Wildman–Crippen MR) is 82.7 cm³/mol. The third-order valence-electron chi connectivity index (χ3n) is 3.86. The molecule has 2 atom stereocenters. The Morgan fingerprint density at radius 2 is 2.25 bits per heavy atom. The van der Waals surface area contributed by atoms with Crippen LogP contribution in [0.25, 0.3) is 0 Å². The molecule has 1 aliphatic heterocycles. The van der Waals surface area contributed by atoms with Crippen LogP contribution in [0.2, 0.25) is 0 Å². The summed E-state index contributed by atoms with van der Waals surface area (Å²) >= 11 is 3.46. The van der Waals surface area contributed by atoms with Gasteiger partial charge in [-0.2, -0.15) is 0 Å². The van der Waals surface area contributed by atoms with Crippen molar-refractivity contribution in [2.45, 2.75) is 13.5 Å². The van der Waals surface area contributed by atoms with Crippen molar-refractivity contribution >= 4 is 21.8 Å². The van der Waals surface area contributed by atoms with Crippen molar-refractivity contribution < 1.29 is 9.53 Å². The molecule has 1 aliphatic rings. The van der Waals surface area contributed by atoms with Gasteiger partial charge in [0, 0.05) is 30.2 Å². The largest absolute Gasteiger partial charge is 0.496 e. The smallest absolute Gasteiger partial charge is 0.227 e. The topological polar surface area (TPSA) is 41.6 Å². The second kappa shape index (κ2) is 6.59. The SMILES string of the molecule is COc1ccc(Br)cc1CN(C)C(=O)[C@@H]1CNC[C@H]1C. The van der Waals surface area contributed by atoms with Crippen LogP contribution in [-0.2, 0) is 11.3 Å². The molecule has 0 bridgehead atoms. The van der Waals surface area contributed by atoms with Crippen molar-refractivity contribution in [3.05, 3.63) is 28.2 Å². The Morgan fingerprint density at radius 3 is 2.85 bits per heavy atom. The number of methoxy groups -OCH3 is 1. The van der Waals surface area contributed by atoms with Crippen molar-refractivity contribution in [2.75, 3.05) is 27.2 Å². The van der Waals surface area contributed by atoms with Crippen molar-refractivity contribution in [1.29, 1.82) is 0 Å².